The fourth-order valence-electron chi connectivity index (χ4n) is 3.32. The molecule has 0 aliphatic carbocycles. The van der Waals surface area contributed by atoms with Crippen LogP contribution in [0.15, 0.2) is 41.6 Å². The summed E-state index contributed by atoms with van der Waals surface area (Å²) in [5, 5.41) is 8.70. The van der Waals surface area contributed by atoms with Crippen LogP contribution in [0.3, 0.4) is 0 Å². The zero-order valence-electron chi connectivity index (χ0n) is 19.8. The zero-order chi connectivity index (χ0) is 25.6. The van der Waals surface area contributed by atoms with Crippen LogP contribution in [0.1, 0.15) is 44.7 Å². The van der Waals surface area contributed by atoms with Crippen molar-refractivity contribution in [2.45, 2.75) is 46.1 Å². The van der Waals surface area contributed by atoms with E-state index in [2.05, 4.69) is 20.1 Å². The first-order valence-corrected chi connectivity index (χ1v) is 12.1. The first kappa shape index (κ1) is 25.8. The number of rotatable bonds is 10. The van der Waals surface area contributed by atoms with E-state index < -0.39 is 22.1 Å². The number of carbonyl (C=O) groups excluding carboxylic acids is 2. The van der Waals surface area contributed by atoms with Gasteiger partial charge in [0.05, 0.1) is 12.3 Å². The van der Waals surface area contributed by atoms with Gasteiger partial charge in [-0.2, -0.15) is 0 Å². The van der Waals surface area contributed by atoms with Crippen molar-refractivity contribution in [3.63, 3.8) is 0 Å². The Labute approximate surface area is 203 Å². The van der Waals surface area contributed by atoms with E-state index in [-0.39, 0.29) is 11.7 Å². The number of unbranched alkanes of at least 4 members (excludes halogenated alkanes) is 1. The number of amides is 2. The van der Waals surface area contributed by atoms with Crippen molar-refractivity contribution in [3.8, 4) is 11.5 Å². The average Bonchev–Trinajstić information content (AvgIpc) is 2.74. The van der Waals surface area contributed by atoms with E-state index in [1.54, 1.807) is 0 Å². The normalized spacial score (nSPS) is 14.5. The summed E-state index contributed by atoms with van der Waals surface area (Å²) in [6.07, 6.45) is 1.75. The molecule has 188 valence electrons. The third-order valence-electron chi connectivity index (χ3n) is 4.86. The summed E-state index contributed by atoms with van der Waals surface area (Å²) >= 11 is 0. The lowest BCUT2D eigenvalue weighted by Crippen LogP contribution is -2.35. The predicted molar refractivity (Wildman–Crippen MR) is 129 cm³/mol. The molecule has 0 bridgehead atoms. The van der Waals surface area contributed by atoms with Crippen LogP contribution in [0, 0.1) is 6.92 Å². The Morgan fingerprint density at radius 3 is 2.60 bits per heavy atom. The Balaban J connectivity index is 1.44. The van der Waals surface area contributed by atoms with E-state index in [0.717, 1.165) is 16.8 Å². The van der Waals surface area contributed by atoms with E-state index in [0.29, 0.717) is 30.9 Å². The van der Waals surface area contributed by atoms with Crippen molar-refractivity contribution in [2.75, 3.05) is 17.2 Å². The van der Waals surface area contributed by atoms with Gasteiger partial charge in [0.1, 0.15) is 17.1 Å². The summed E-state index contributed by atoms with van der Waals surface area (Å²) < 4.78 is 44.1. The molecule has 0 aromatic heterocycles. The monoisotopic (exact) mass is 505 g/mol. The van der Waals surface area contributed by atoms with Crippen LogP contribution in [-0.2, 0) is 29.8 Å². The Morgan fingerprint density at radius 2 is 1.91 bits per heavy atom. The van der Waals surface area contributed by atoms with Gasteiger partial charge < -0.3 is 19.0 Å². The largest absolute Gasteiger partial charge is 0.521 e. The smallest absolute Gasteiger partial charge is 0.494 e. The highest BCUT2D eigenvalue weighted by Gasteiger charge is 2.34. The molecule has 0 fully saturated rings. The first-order valence-electron chi connectivity index (χ1n) is 10.8. The molecule has 0 saturated heterocycles. The molecule has 0 atom stereocenters. The highest BCUT2D eigenvalue weighted by atomic mass is 32.3. The SMILES string of the molecule is CC(=O)Nc1ccc(OS(=O)(=O)ON=CCCCOc2cc(C)c3c(c2)C(C)(C)OC(=O)N3)cc1. The maximum absolute atomic E-state index is 11.9. The molecule has 12 heteroatoms. The molecular formula is C23H27N3O8S. The number of nitrogens with zero attached hydrogens (tertiary/aromatic N) is 1. The summed E-state index contributed by atoms with van der Waals surface area (Å²) in [5.41, 5.74) is 2.10. The van der Waals surface area contributed by atoms with Crippen LogP contribution < -0.4 is 19.6 Å². The van der Waals surface area contributed by atoms with Gasteiger partial charge in [-0.25, -0.2) is 9.08 Å². The molecule has 2 aromatic carbocycles. The lowest BCUT2D eigenvalue weighted by molar-refractivity contribution is -0.114. The molecule has 1 aliphatic heterocycles. The number of oxime groups is 1. The minimum absolute atomic E-state index is 0.0104. The fourth-order valence-corrected chi connectivity index (χ4v) is 3.87. The van der Waals surface area contributed by atoms with E-state index in [9.17, 15) is 18.0 Å². The van der Waals surface area contributed by atoms with Crippen LogP contribution in [-0.4, -0.2) is 33.2 Å². The van der Waals surface area contributed by atoms with E-state index in [1.165, 1.54) is 37.4 Å². The summed E-state index contributed by atoms with van der Waals surface area (Å²) in [6.45, 7) is 7.20. The molecule has 0 unspecified atom stereocenters. The van der Waals surface area contributed by atoms with Crippen molar-refractivity contribution >= 4 is 40.0 Å². The number of carbonyl (C=O) groups is 2. The number of fused-ring (bicyclic) bond motifs is 1. The summed E-state index contributed by atoms with van der Waals surface area (Å²) in [5.74, 6) is 0.389. The molecule has 2 aromatic rings. The minimum atomic E-state index is -4.39. The second kappa shape index (κ2) is 10.6. The van der Waals surface area contributed by atoms with Gasteiger partial charge in [0.2, 0.25) is 5.91 Å². The van der Waals surface area contributed by atoms with Gasteiger partial charge in [0.15, 0.2) is 0 Å². The second-order valence-corrected chi connectivity index (χ2v) is 9.37. The first-order chi connectivity index (χ1) is 16.4. The summed E-state index contributed by atoms with van der Waals surface area (Å²) in [6, 6.07) is 9.37. The lowest BCUT2D eigenvalue weighted by Gasteiger charge is -2.33. The summed E-state index contributed by atoms with van der Waals surface area (Å²) in [4.78, 5) is 22.7. The number of benzene rings is 2. The topological polar surface area (TPSA) is 142 Å². The number of hydrogen-bond donors (Lipinski definition) is 2. The molecule has 0 saturated carbocycles. The Kier molecular flexibility index (Phi) is 7.85. The van der Waals surface area contributed by atoms with Crippen molar-refractivity contribution < 1.29 is 35.9 Å². The molecule has 3 rings (SSSR count). The number of ether oxygens (including phenoxy) is 2. The quantitative estimate of drug-likeness (QED) is 0.277. The number of anilines is 2. The molecule has 2 amide bonds. The van der Waals surface area contributed by atoms with Crippen LogP contribution >= 0.6 is 0 Å². The number of aryl methyl sites for hydroxylation is 1. The molecule has 35 heavy (non-hydrogen) atoms. The maximum atomic E-state index is 11.9. The Morgan fingerprint density at radius 1 is 1.20 bits per heavy atom. The Hall–Kier alpha value is -3.80. The fraction of sp³-hybridized carbons (Fsp3) is 0.348. The number of hydrogen-bond acceptors (Lipinski definition) is 9. The summed E-state index contributed by atoms with van der Waals surface area (Å²) in [7, 11) is -4.39. The molecule has 2 N–H and O–H groups in total. The number of nitrogens with one attached hydrogen (secondary N) is 2. The highest BCUT2D eigenvalue weighted by Crippen LogP contribution is 2.39. The van der Waals surface area contributed by atoms with Crippen LogP contribution in [0.25, 0.3) is 0 Å². The van der Waals surface area contributed by atoms with E-state index in [1.807, 2.05) is 32.9 Å². The van der Waals surface area contributed by atoms with Gasteiger partial charge in [0.25, 0.3) is 0 Å². The van der Waals surface area contributed by atoms with Gasteiger partial charge in [-0.1, -0.05) is 5.16 Å². The van der Waals surface area contributed by atoms with Gasteiger partial charge in [0, 0.05) is 24.4 Å². The van der Waals surface area contributed by atoms with Gasteiger partial charge in [-0.3, -0.25) is 10.1 Å². The van der Waals surface area contributed by atoms with Gasteiger partial charge >= 0.3 is 16.5 Å². The van der Waals surface area contributed by atoms with Crippen molar-refractivity contribution in [1.29, 1.82) is 0 Å². The molecule has 0 radical (unpaired) electrons. The molecule has 11 nitrogen and oxygen atoms in total. The molecule has 1 aliphatic rings. The van der Waals surface area contributed by atoms with Crippen LogP contribution in [0.2, 0.25) is 0 Å². The standard InChI is InChI=1S/C23H27N3O8S/c1-15-13-19(14-20-21(15)26-22(28)32-23(20,3)4)31-12-6-5-11-24-34-35(29,30)33-18-9-7-17(8-10-18)25-16(2)27/h7-11,13-14H,5-6,12H2,1-4H3,(H,25,27)(H,26,28). The Bertz CT molecular complexity index is 1220. The van der Waals surface area contributed by atoms with Crippen molar-refractivity contribution in [1.82, 2.24) is 0 Å². The van der Waals surface area contributed by atoms with Gasteiger partial charge in [-0.05, 0) is 75.6 Å². The third-order valence-corrected chi connectivity index (χ3v) is 5.53. The van der Waals surface area contributed by atoms with Gasteiger partial charge in [-0.15, -0.1) is 8.42 Å². The third kappa shape index (κ3) is 7.34. The second-order valence-electron chi connectivity index (χ2n) is 8.24. The molecular weight excluding hydrogens is 478 g/mol. The maximum Gasteiger partial charge on any atom is 0.521 e. The molecule has 1 heterocycles. The van der Waals surface area contributed by atoms with Crippen molar-refractivity contribution in [3.05, 3.63) is 47.5 Å². The highest BCUT2D eigenvalue weighted by molar-refractivity contribution is 7.82. The number of cyclic esters (lactones) is 1. The lowest BCUT2D eigenvalue weighted by atomic mass is 9.92. The zero-order valence-corrected chi connectivity index (χ0v) is 20.6. The van der Waals surface area contributed by atoms with Crippen LogP contribution in [0.4, 0.5) is 16.2 Å². The van der Waals surface area contributed by atoms with Crippen molar-refractivity contribution in [2.24, 2.45) is 5.16 Å². The molecule has 0 spiro atoms. The average molecular weight is 506 g/mol. The predicted octanol–water partition coefficient (Wildman–Crippen LogP) is 4.24. The van der Waals surface area contributed by atoms with E-state index >= 15 is 0 Å². The minimum Gasteiger partial charge on any atom is -0.494 e. The van der Waals surface area contributed by atoms with E-state index in [4.69, 9.17) is 13.7 Å². The van der Waals surface area contributed by atoms with Crippen LogP contribution in [0.5, 0.6) is 11.5 Å².